The van der Waals surface area contributed by atoms with Crippen LogP contribution >= 0.6 is 22.9 Å². The van der Waals surface area contributed by atoms with Crippen LogP contribution in [-0.2, 0) is 14.6 Å². The number of methoxy groups -OCH3 is 1. The predicted octanol–water partition coefficient (Wildman–Crippen LogP) is 2.82. The number of halogens is 1. The molecule has 5 nitrogen and oxygen atoms in total. The quantitative estimate of drug-likeness (QED) is 0.904. The van der Waals surface area contributed by atoms with Gasteiger partial charge < -0.3 is 10.1 Å². The molecule has 8 heteroatoms. The highest BCUT2D eigenvalue weighted by Gasteiger charge is 2.21. The van der Waals surface area contributed by atoms with Crippen LogP contribution in [0.4, 0.5) is 5.69 Å². The Hall–Kier alpha value is -1.57. The number of rotatable bonds is 5. The maximum Gasteiger partial charge on any atom is 0.240 e. The van der Waals surface area contributed by atoms with Crippen molar-refractivity contribution in [3.8, 4) is 5.75 Å². The van der Waals surface area contributed by atoms with Gasteiger partial charge in [0.1, 0.15) is 15.7 Å². The fourth-order valence-electron chi connectivity index (χ4n) is 1.64. The zero-order valence-corrected chi connectivity index (χ0v) is 13.4. The van der Waals surface area contributed by atoms with E-state index in [0.717, 1.165) is 11.3 Å². The molecule has 21 heavy (non-hydrogen) atoms. The van der Waals surface area contributed by atoms with Gasteiger partial charge in [-0.15, -0.1) is 11.3 Å². The summed E-state index contributed by atoms with van der Waals surface area (Å²) in [6.45, 7) is 0. The van der Waals surface area contributed by atoms with Crippen LogP contribution in [0.15, 0.2) is 40.6 Å². The van der Waals surface area contributed by atoms with Crippen molar-refractivity contribution in [3.63, 3.8) is 0 Å². The Morgan fingerprint density at radius 1 is 1.29 bits per heavy atom. The molecule has 0 unspecified atom stereocenters. The Balaban J connectivity index is 2.11. The van der Waals surface area contributed by atoms with Gasteiger partial charge in [-0.3, -0.25) is 4.79 Å². The molecule has 0 aliphatic carbocycles. The van der Waals surface area contributed by atoms with Crippen LogP contribution in [-0.4, -0.2) is 27.2 Å². The zero-order chi connectivity index (χ0) is 15.5. The molecule has 0 fully saturated rings. The highest BCUT2D eigenvalue weighted by atomic mass is 35.5. The van der Waals surface area contributed by atoms with Crippen LogP contribution in [0, 0.1) is 0 Å². The summed E-state index contributed by atoms with van der Waals surface area (Å²) >= 11 is 6.63. The third kappa shape index (κ3) is 3.96. The van der Waals surface area contributed by atoms with E-state index in [4.69, 9.17) is 16.3 Å². The maximum atomic E-state index is 12.1. The van der Waals surface area contributed by atoms with Gasteiger partial charge in [0.2, 0.25) is 5.91 Å². The van der Waals surface area contributed by atoms with Crippen LogP contribution in [0.2, 0.25) is 4.34 Å². The van der Waals surface area contributed by atoms with Gasteiger partial charge in [-0.1, -0.05) is 23.7 Å². The molecule has 1 amide bonds. The number of benzene rings is 1. The van der Waals surface area contributed by atoms with Gasteiger partial charge in [-0.05, 0) is 24.3 Å². The number of sulfone groups is 1. The van der Waals surface area contributed by atoms with Gasteiger partial charge in [0.15, 0.2) is 9.84 Å². The number of nitrogens with one attached hydrogen (secondary N) is 1. The molecule has 1 N–H and O–H groups in total. The first kappa shape index (κ1) is 15.8. The Morgan fingerprint density at radius 3 is 2.62 bits per heavy atom. The number of hydrogen-bond donors (Lipinski definition) is 1. The third-order valence-electron chi connectivity index (χ3n) is 2.56. The number of amides is 1. The molecule has 2 rings (SSSR count). The summed E-state index contributed by atoms with van der Waals surface area (Å²) in [5.41, 5.74) is 0.421. The van der Waals surface area contributed by atoms with Crippen molar-refractivity contribution in [2.45, 2.75) is 4.21 Å². The van der Waals surface area contributed by atoms with E-state index in [1.807, 2.05) is 0 Å². The first-order valence-corrected chi connectivity index (χ1v) is 8.68. The number of carbonyl (C=O) groups excluding carboxylic acids is 1. The van der Waals surface area contributed by atoms with E-state index < -0.39 is 21.5 Å². The summed E-state index contributed by atoms with van der Waals surface area (Å²) in [4.78, 5) is 11.9. The van der Waals surface area contributed by atoms with E-state index in [1.165, 1.54) is 19.2 Å². The summed E-state index contributed by atoms with van der Waals surface area (Å²) < 4.78 is 29.6. The summed E-state index contributed by atoms with van der Waals surface area (Å²) in [6.07, 6.45) is 0. The van der Waals surface area contributed by atoms with Crippen LogP contribution in [0.25, 0.3) is 0 Å². The minimum absolute atomic E-state index is 0.0719. The lowest BCUT2D eigenvalue weighted by Crippen LogP contribution is -2.22. The first-order chi connectivity index (χ1) is 9.92. The number of hydrogen-bond acceptors (Lipinski definition) is 5. The Labute approximate surface area is 131 Å². The van der Waals surface area contributed by atoms with Gasteiger partial charge in [-0.2, -0.15) is 0 Å². The van der Waals surface area contributed by atoms with Crippen molar-refractivity contribution in [2.75, 3.05) is 18.2 Å². The first-order valence-electron chi connectivity index (χ1n) is 5.83. The van der Waals surface area contributed by atoms with Gasteiger partial charge in [0.05, 0.1) is 17.1 Å². The molecule has 0 atom stereocenters. The predicted molar refractivity (Wildman–Crippen MR) is 83.0 cm³/mol. The summed E-state index contributed by atoms with van der Waals surface area (Å²) in [6, 6.07) is 9.63. The van der Waals surface area contributed by atoms with Gasteiger partial charge in [-0.25, -0.2) is 8.42 Å². The third-order valence-corrected chi connectivity index (χ3v) is 5.99. The van der Waals surface area contributed by atoms with Crippen LogP contribution < -0.4 is 10.1 Å². The molecule has 0 spiro atoms. The molecular formula is C13H12ClNO4S2. The average Bonchev–Trinajstić information content (AvgIpc) is 2.86. The summed E-state index contributed by atoms with van der Waals surface area (Å²) in [5, 5.41) is 2.52. The van der Waals surface area contributed by atoms with Crippen molar-refractivity contribution >= 4 is 44.4 Å². The van der Waals surface area contributed by atoms with E-state index in [1.54, 1.807) is 24.3 Å². The molecule has 2 aromatic rings. The lowest BCUT2D eigenvalue weighted by molar-refractivity contribution is -0.113. The molecule has 1 heterocycles. The Kier molecular flexibility index (Phi) is 4.87. The normalized spacial score (nSPS) is 11.1. The minimum Gasteiger partial charge on any atom is -0.495 e. The fraction of sp³-hybridized carbons (Fsp3) is 0.154. The van der Waals surface area contributed by atoms with E-state index >= 15 is 0 Å². The second-order valence-corrected chi connectivity index (χ2v) is 8.00. The second-order valence-electron chi connectivity index (χ2n) is 4.07. The molecule has 0 aliphatic rings. The fourth-order valence-corrected chi connectivity index (χ4v) is 4.35. The number of carbonyl (C=O) groups is 1. The maximum absolute atomic E-state index is 12.1. The SMILES string of the molecule is COc1ccccc1NC(=O)CS(=O)(=O)c1ccc(Cl)s1. The standard InChI is InChI=1S/C13H12ClNO4S2/c1-19-10-5-3-2-4-9(10)15-12(16)8-21(17,18)13-7-6-11(14)20-13/h2-7H,8H2,1H3,(H,15,16). The minimum atomic E-state index is -3.70. The van der Waals surface area contributed by atoms with Crippen molar-refractivity contribution < 1.29 is 17.9 Å². The monoisotopic (exact) mass is 345 g/mol. The van der Waals surface area contributed by atoms with Gasteiger partial charge >= 0.3 is 0 Å². The van der Waals surface area contributed by atoms with E-state index in [-0.39, 0.29) is 4.21 Å². The zero-order valence-electron chi connectivity index (χ0n) is 11.0. The molecular weight excluding hydrogens is 334 g/mol. The Bertz CT molecular complexity index is 755. The lowest BCUT2D eigenvalue weighted by Gasteiger charge is -2.09. The molecule has 0 radical (unpaired) electrons. The summed E-state index contributed by atoms with van der Waals surface area (Å²) in [7, 11) is -2.23. The van der Waals surface area contributed by atoms with E-state index in [9.17, 15) is 13.2 Å². The highest BCUT2D eigenvalue weighted by molar-refractivity contribution is 7.94. The van der Waals surface area contributed by atoms with E-state index in [2.05, 4.69) is 5.32 Å². The van der Waals surface area contributed by atoms with Crippen molar-refractivity contribution in [3.05, 3.63) is 40.7 Å². The number of ether oxygens (including phenoxy) is 1. The topological polar surface area (TPSA) is 72.5 Å². The molecule has 112 valence electrons. The summed E-state index contributed by atoms with van der Waals surface area (Å²) in [5.74, 6) is -0.825. The average molecular weight is 346 g/mol. The molecule has 0 aliphatic heterocycles. The van der Waals surface area contributed by atoms with Crippen LogP contribution in [0.5, 0.6) is 5.75 Å². The largest absolute Gasteiger partial charge is 0.495 e. The molecule has 0 bridgehead atoms. The van der Waals surface area contributed by atoms with E-state index in [0.29, 0.717) is 15.8 Å². The molecule has 0 saturated carbocycles. The highest BCUT2D eigenvalue weighted by Crippen LogP contribution is 2.27. The second kappa shape index (κ2) is 6.46. The lowest BCUT2D eigenvalue weighted by atomic mass is 10.3. The van der Waals surface area contributed by atoms with Gasteiger partial charge in [0, 0.05) is 0 Å². The number of thiophene rings is 1. The number of anilines is 1. The van der Waals surface area contributed by atoms with Crippen molar-refractivity contribution in [1.29, 1.82) is 0 Å². The molecule has 0 saturated heterocycles. The molecule has 1 aromatic carbocycles. The van der Waals surface area contributed by atoms with Crippen molar-refractivity contribution in [1.82, 2.24) is 0 Å². The Morgan fingerprint density at radius 2 is 2.00 bits per heavy atom. The molecule has 1 aromatic heterocycles. The van der Waals surface area contributed by atoms with Crippen LogP contribution in [0.3, 0.4) is 0 Å². The number of para-hydroxylation sites is 2. The van der Waals surface area contributed by atoms with Crippen LogP contribution in [0.1, 0.15) is 0 Å². The smallest absolute Gasteiger partial charge is 0.240 e. The van der Waals surface area contributed by atoms with Crippen molar-refractivity contribution in [2.24, 2.45) is 0 Å². The van der Waals surface area contributed by atoms with Gasteiger partial charge in [0.25, 0.3) is 0 Å².